The van der Waals surface area contributed by atoms with Crippen LogP contribution in [0.15, 0.2) is 0 Å². The van der Waals surface area contributed by atoms with Gasteiger partial charge in [-0.15, -0.1) is 0 Å². The van der Waals surface area contributed by atoms with Gasteiger partial charge in [0.2, 0.25) is 0 Å². The molecule has 0 N–H and O–H groups in total. The molecule has 3 fully saturated rings. The van der Waals surface area contributed by atoms with E-state index in [2.05, 4.69) is 27.7 Å². The fraction of sp³-hybridized carbons (Fsp3) is 1.00. The molecule has 3 unspecified atom stereocenters. The van der Waals surface area contributed by atoms with E-state index in [0.29, 0.717) is 11.7 Å². The number of hydrogen-bond acceptors (Lipinski definition) is 1. The van der Waals surface area contributed by atoms with Gasteiger partial charge in [0.1, 0.15) is 5.60 Å². The Morgan fingerprint density at radius 1 is 1.06 bits per heavy atom. The molecule has 3 rings (SSSR count). The van der Waals surface area contributed by atoms with Crippen LogP contribution in [0.25, 0.3) is 0 Å². The predicted molar refractivity (Wildman–Crippen MR) is 66.2 cm³/mol. The van der Waals surface area contributed by atoms with Crippen LogP contribution in [0.2, 0.25) is 0 Å². The molecule has 1 saturated heterocycles. The quantitative estimate of drug-likeness (QED) is 0.614. The van der Waals surface area contributed by atoms with E-state index < -0.39 is 0 Å². The van der Waals surface area contributed by atoms with Gasteiger partial charge in [-0.3, -0.25) is 0 Å². The third-order valence-electron chi connectivity index (χ3n) is 5.87. The Hall–Kier alpha value is -0.0400. The van der Waals surface area contributed by atoms with Gasteiger partial charge in [-0.05, 0) is 55.3 Å². The van der Waals surface area contributed by atoms with Crippen LogP contribution < -0.4 is 0 Å². The van der Waals surface area contributed by atoms with Gasteiger partial charge >= 0.3 is 0 Å². The van der Waals surface area contributed by atoms with Gasteiger partial charge in [-0.25, -0.2) is 0 Å². The van der Waals surface area contributed by atoms with Crippen molar-refractivity contribution in [3.05, 3.63) is 0 Å². The molecule has 2 aliphatic carbocycles. The molecule has 1 spiro atoms. The van der Waals surface area contributed by atoms with E-state index >= 15 is 0 Å². The second-order valence-corrected chi connectivity index (χ2v) is 6.94. The summed E-state index contributed by atoms with van der Waals surface area (Å²) in [4.78, 5) is 0. The first-order valence-corrected chi connectivity index (χ1v) is 7.25. The number of hydrogen-bond donors (Lipinski definition) is 0. The van der Waals surface area contributed by atoms with E-state index in [-0.39, 0.29) is 0 Å². The predicted octanol–water partition coefficient (Wildman–Crippen LogP) is 3.87. The van der Waals surface area contributed by atoms with E-state index in [0.717, 1.165) is 29.6 Å². The Bertz CT molecular complexity index is 285. The van der Waals surface area contributed by atoms with Crippen molar-refractivity contribution in [3.63, 3.8) is 0 Å². The fourth-order valence-electron chi connectivity index (χ4n) is 4.77. The molecular formula is C15H26O. The van der Waals surface area contributed by atoms with Crippen LogP contribution in [0.1, 0.15) is 53.4 Å². The van der Waals surface area contributed by atoms with Crippen molar-refractivity contribution in [3.8, 4) is 0 Å². The highest BCUT2D eigenvalue weighted by molar-refractivity contribution is 5.17. The zero-order chi connectivity index (χ0) is 11.5. The van der Waals surface area contributed by atoms with E-state index in [4.69, 9.17) is 4.74 Å². The zero-order valence-electron chi connectivity index (χ0n) is 11.2. The summed E-state index contributed by atoms with van der Waals surface area (Å²) in [5.74, 6) is 4.19. The highest BCUT2D eigenvalue weighted by Gasteiger charge is 2.70. The molecule has 1 nitrogen and oxygen atoms in total. The summed E-state index contributed by atoms with van der Waals surface area (Å²) >= 11 is 0. The lowest BCUT2D eigenvalue weighted by Gasteiger charge is -2.23. The molecule has 6 atom stereocenters. The summed E-state index contributed by atoms with van der Waals surface area (Å²) < 4.78 is 6.33. The molecule has 0 amide bonds. The normalized spacial score (nSPS) is 55.7. The fourth-order valence-corrected chi connectivity index (χ4v) is 4.77. The molecule has 1 aliphatic heterocycles. The topological polar surface area (TPSA) is 12.5 Å². The second-order valence-electron chi connectivity index (χ2n) is 6.94. The van der Waals surface area contributed by atoms with Gasteiger partial charge < -0.3 is 4.74 Å². The summed E-state index contributed by atoms with van der Waals surface area (Å²) in [6.45, 7) is 9.65. The van der Waals surface area contributed by atoms with E-state index in [9.17, 15) is 0 Å². The van der Waals surface area contributed by atoms with Gasteiger partial charge in [0.15, 0.2) is 0 Å². The Morgan fingerprint density at radius 3 is 2.50 bits per heavy atom. The first-order chi connectivity index (χ1) is 7.57. The minimum Gasteiger partial charge on any atom is -0.365 e. The Kier molecular flexibility index (Phi) is 2.41. The lowest BCUT2D eigenvalue weighted by atomic mass is 9.78. The lowest BCUT2D eigenvalue weighted by molar-refractivity contribution is 0.143. The molecule has 0 aromatic heterocycles. The van der Waals surface area contributed by atoms with E-state index in [1.54, 1.807) is 0 Å². The standard InChI is InChI=1S/C15H26O/c1-9(2)12-7-5-10(3)13-8-6-11(4)15(13)14(12)16-15/h9-14H,5-8H2,1-4H3/t10-,11?,12+,13-,14?,15?/m1/s1. The number of rotatable bonds is 1. The van der Waals surface area contributed by atoms with Crippen molar-refractivity contribution >= 4 is 0 Å². The largest absolute Gasteiger partial charge is 0.365 e. The van der Waals surface area contributed by atoms with Gasteiger partial charge in [0.25, 0.3) is 0 Å². The molecule has 92 valence electrons. The van der Waals surface area contributed by atoms with Gasteiger partial charge in [0, 0.05) is 0 Å². The molecular weight excluding hydrogens is 196 g/mol. The first-order valence-electron chi connectivity index (χ1n) is 7.25. The maximum Gasteiger partial charge on any atom is 0.101 e. The monoisotopic (exact) mass is 222 g/mol. The minimum atomic E-state index is 0.324. The molecule has 3 aliphatic rings. The van der Waals surface area contributed by atoms with Crippen LogP contribution in [0, 0.1) is 29.6 Å². The van der Waals surface area contributed by atoms with Crippen LogP contribution in [0.5, 0.6) is 0 Å². The maximum atomic E-state index is 6.33. The Morgan fingerprint density at radius 2 is 1.81 bits per heavy atom. The Labute approximate surface area is 99.9 Å². The summed E-state index contributed by atoms with van der Waals surface area (Å²) in [6.07, 6.45) is 6.26. The van der Waals surface area contributed by atoms with Gasteiger partial charge in [-0.1, -0.05) is 27.7 Å². The molecule has 1 heterocycles. The summed E-state index contributed by atoms with van der Waals surface area (Å²) in [6, 6.07) is 0. The van der Waals surface area contributed by atoms with Crippen LogP contribution in [0.4, 0.5) is 0 Å². The smallest absolute Gasteiger partial charge is 0.101 e. The minimum absolute atomic E-state index is 0.324. The van der Waals surface area contributed by atoms with Crippen LogP contribution >= 0.6 is 0 Å². The van der Waals surface area contributed by atoms with Crippen LogP contribution in [0.3, 0.4) is 0 Å². The first kappa shape index (κ1) is 11.1. The van der Waals surface area contributed by atoms with Crippen LogP contribution in [-0.2, 0) is 4.74 Å². The van der Waals surface area contributed by atoms with Crippen molar-refractivity contribution in [1.82, 2.24) is 0 Å². The molecule has 0 aromatic rings. The van der Waals surface area contributed by atoms with E-state index in [1.165, 1.54) is 25.7 Å². The van der Waals surface area contributed by atoms with Crippen molar-refractivity contribution < 1.29 is 4.74 Å². The third kappa shape index (κ3) is 1.27. The summed E-state index contributed by atoms with van der Waals surface area (Å²) in [5, 5.41) is 0. The third-order valence-corrected chi connectivity index (χ3v) is 5.87. The lowest BCUT2D eigenvalue weighted by Crippen LogP contribution is -2.31. The van der Waals surface area contributed by atoms with Gasteiger partial charge in [0.05, 0.1) is 6.10 Å². The average Bonchev–Trinajstić information content (AvgIpc) is 2.85. The van der Waals surface area contributed by atoms with Crippen molar-refractivity contribution in [2.24, 2.45) is 29.6 Å². The van der Waals surface area contributed by atoms with Crippen molar-refractivity contribution in [2.75, 3.05) is 0 Å². The van der Waals surface area contributed by atoms with Crippen molar-refractivity contribution in [2.45, 2.75) is 65.1 Å². The number of epoxide rings is 1. The average molecular weight is 222 g/mol. The Balaban J connectivity index is 1.90. The zero-order valence-corrected chi connectivity index (χ0v) is 11.2. The molecule has 16 heavy (non-hydrogen) atoms. The van der Waals surface area contributed by atoms with Crippen LogP contribution in [-0.4, -0.2) is 11.7 Å². The molecule has 1 heteroatoms. The summed E-state index contributed by atoms with van der Waals surface area (Å²) in [7, 11) is 0. The second kappa shape index (κ2) is 3.48. The molecule has 0 radical (unpaired) electrons. The van der Waals surface area contributed by atoms with E-state index in [1.807, 2.05) is 0 Å². The van der Waals surface area contributed by atoms with Crippen molar-refractivity contribution in [1.29, 1.82) is 0 Å². The molecule has 0 aromatic carbocycles. The maximum absolute atomic E-state index is 6.33. The number of ether oxygens (including phenoxy) is 1. The molecule has 2 saturated carbocycles. The SMILES string of the molecule is CC(C)[C@@H]1CC[C@@H](C)[C@H]2CCC(C)C23OC13. The molecule has 0 bridgehead atoms. The summed E-state index contributed by atoms with van der Waals surface area (Å²) in [5.41, 5.74) is 0.324. The highest BCUT2D eigenvalue weighted by atomic mass is 16.6. The van der Waals surface area contributed by atoms with Gasteiger partial charge in [-0.2, -0.15) is 0 Å². The highest BCUT2D eigenvalue weighted by Crippen LogP contribution is 2.64.